The van der Waals surface area contributed by atoms with Crippen LogP contribution >= 0.6 is 0 Å². The quantitative estimate of drug-likeness (QED) is 0.898. The third kappa shape index (κ3) is 2.95. The maximum absolute atomic E-state index is 11.4. The molecule has 2 atom stereocenters. The maximum Gasteiger partial charge on any atom is 0.133 e. The minimum Gasteiger partial charge on any atom is -0.388 e. The molecule has 108 valence electrons. The van der Waals surface area contributed by atoms with Gasteiger partial charge in [0.1, 0.15) is 5.78 Å². The summed E-state index contributed by atoms with van der Waals surface area (Å²) in [6.07, 6.45) is 8.24. The van der Waals surface area contributed by atoms with Crippen LogP contribution in [-0.2, 0) is 4.79 Å². The van der Waals surface area contributed by atoms with Gasteiger partial charge in [-0.2, -0.15) is 0 Å². The highest BCUT2D eigenvalue weighted by Crippen LogP contribution is 2.36. The molecule has 0 radical (unpaired) electrons. The smallest absolute Gasteiger partial charge is 0.133 e. The monoisotopic (exact) mass is 272 g/mol. The number of Topliss-reactive ketones (excluding diaryl/α,β-unsaturated/α-hetero) is 1. The van der Waals surface area contributed by atoms with Gasteiger partial charge in [-0.15, -0.1) is 0 Å². The first-order chi connectivity index (χ1) is 9.74. The minimum absolute atomic E-state index is 0.311. The van der Waals surface area contributed by atoms with Crippen LogP contribution in [0, 0.1) is 5.92 Å². The number of rotatable bonds is 3. The van der Waals surface area contributed by atoms with Crippen LogP contribution < -0.4 is 0 Å². The fourth-order valence-electron chi connectivity index (χ4n) is 3.79. The zero-order chi connectivity index (χ0) is 13.9. The molecule has 20 heavy (non-hydrogen) atoms. The van der Waals surface area contributed by atoms with E-state index < -0.39 is 0 Å². The molecule has 0 bridgehead atoms. The summed E-state index contributed by atoms with van der Waals surface area (Å²) < 4.78 is 0. The van der Waals surface area contributed by atoms with E-state index in [-0.39, 0.29) is 6.10 Å². The van der Waals surface area contributed by atoms with Gasteiger partial charge in [0, 0.05) is 12.8 Å². The van der Waals surface area contributed by atoms with E-state index in [1.807, 2.05) is 0 Å². The lowest BCUT2D eigenvalue weighted by molar-refractivity contribution is -0.117. The van der Waals surface area contributed by atoms with Crippen molar-refractivity contribution in [2.45, 2.75) is 63.4 Å². The second-order valence-electron chi connectivity index (χ2n) is 6.49. The van der Waals surface area contributed by atoms with E-state index in [9.17, 15) is 9.90 Å². The Morgan fingerprint density at radius 2 is 1.70 bits per heavy atom. The minimum atomic E-state index is -0.311. The van der Waals surface area contributed by atoms with E-state index in [1.165, 1.54) is 24.8 Å². The molecule has 0 heterocycles. The van der Waals surface area contributed by atoms with Crippen molar-refractivity contribution in [3.05, 3.63) is 35.4 Å². The van der Waals surface area contributed by atoms with E-state index in [0.717, 1.165) is 31.2 Å². The molecule has 0 spiro atoms. The third-order valence-electron chi connectivity index (χ3n) is 5.09. The average Bonchev–Trinajstić information content (AvgIpc) is 2.94. The highest BCUT2D eigenvalue weighted by atomic mass is 16.3. The molecule has 1 N–H and O–H groups in total. The number of hydrogen-bond acceptors (Lipinski definition) is 2. The molecule has 3 rings (SSSR count). The maximum atomic E-state index is 11.4. The van der Waals surface area contributed by atoms with E-state index in [2.05, 4.69) is 24.3 Å². The summed E-state index contributed by atoms with van der Waals surface area (Å²) in [5.41, 5.74) is 2.31. The molecule has 0 aromatic heterocycles. The van der Waals surface area contributed by atoms with Crippen molar-refractivity contribution in [1.29, 1.82) is 0 Å². The Bertz CT molecular complexity index is 457. The molecule has 0 saturated heterocycles. The zero-order valence-electron chi connectivity index (χ0n) is 12.1. The molecular formula is C18H24O2. The van der Waals surface area contributed by atoms with Crippen LogP contribution in [0.3, 0.4) is 0 Å². The predicted octanol–water partition coefficient (Wildman–Crippen LogP) is 4.14. The second-order valence-corrected chi connectivity index (χ2v) is 6.49. The molecule has 1 aromatic carbocycles. The number of aliphatic hydroxyl groups is 1. The largest absolute Gasteiger partial charge is 0.388 e. The van der Waals surface area contributed by atoms with E-state index in [4.69, 9.17) is 0 Å². The first kappa shape index (κ1) is 13.8. The van der Waals surface area contributed by atoms with Crippen LogP contribution in [0.2, 0.25) is 0 Å². The van der Waals surface area contributed by atoms with Gasteiger partial charge in [0.15, 0.2) is 0 Å². The number of hydrogen-bond donors (Lipinski definition) is 1. The topological polar surface area (TPSA) is 37.3 Å². The van der Waals surface area contributed by atoms with Crippen molar-refractivity contribution in [3.63, 3.8) is 0 Å². The summed E-state index contributed by atoms with van der Waals surface area (Å²) in [4.78, 5) is 11.4. The van der Waals surface area contributed by atoms with Gasteiger partial charge in [0.25, 0.3) is 0 Å². The Balaban J connectivity index is 1.67. The first-order valence-electron chi connectivity index (χ1n) is 8.03. The molecule has 1 aromatic rings. The summed E-state index contributed by atoms with van der Waals surface area (Å²) in [5, 5.41) is 10.5. The number of aliphatic hydroxyl groups excluding tert-OH is 1. The highest BCUT2D eigenvalue weighted by Gasteiger charge is 2.25. The van der Waals surface area contributed by atoms with Crippen LogP contribution in [0.4, 0.5) is 0 Å². The number of carbonyl (C=O) groups excluding carboxylic acids is 1. The summed E-state index contributed by atoms with van der Waals surface area (Å²) in [6, 6.07) is 8.37. The van der Waals surface area contributed by atoms with Crippen molar-refractivity contribution in [2.24, 2.45) is 5.92 Å². The van der Waals surface area contributed by atoms with Crippen molar-refractivity contribution < 1.29 is 9.90 Å². The summed E-state index contributed by atoms with van der Waals surface area (Å²) in [6.45, 7) is 0. The van der Waals surface area contributed by atoms with Gasteiger partial charge in [-0.25, -0.2) is 0 Å². The molecule has 0 aliphatic heterocycles. The van der Waals surface area contributed by atoms with Crippen LogP contribution in [0.25, 0.3) is 0 Å². The van der Waals surface area contributed by atoms with Crippen molar-refractivity contribution >= 4 is 5.78 Å². The van der Waals surface area contributed by atoms with Gasteiger partial charge in [-0.3, -0.25) is 4.79 Å². The average molecular weight is 272 g/mol. The SMILES string of the molecule is O=C1CCC(c2ccc(C(O)C3CCCCC3)cc2)C1. The predicted molar refractivity (Wildman–Crippen MR) is 79.6 cm³/mol. The Hall–Kier alpha value is -1.15. The van der Waals surface area contributed by atoms with Crippen LogP contribution in [0.1, 0.15) is 74.5 Å². The summed E-state index contributed by atoms with van der Waals surface area (Å²) >= 11 is 0. The van der Waals surface area contributed by atoms with Gasteiger partial charge in [0.05, 0.1) is 6.10 Å². The molecule has 0 amide bonds. The van der Waals surface area contributed by atoms with Gasteiger partial charge in [0.2, 0.25) is 0 Å². The lowest BCUT2D eigenvalue weighted by Gasteiger charge is -2.27. The van der Waals surface area contributed by atoms with Crippen molar-refractivity contribution in [3.8, 4) is 0 Å². The standard InChI is InChI=1S/C18H24O2/c19-17-11-10-16(12-17)13-6-8-15(9-7-13)18(20)14-4-2-1-3-5-14/h6-9,14,16,18,20H,1-5,10-12H2. The van der Waals surface area contributed by atoms with E-state index in [0.29, 0.717) is 24.0 Å². The number of benzene rings is 1. The fraction of sp³-hybridized carbons (Fsp3) is 0.611. The van der Waals surface area contributed by atoms with E-state index >= 15 is 0 Å². The Labute approximate surface area is 121 Å². The lowest BCUT2D eigenvalue weighted by Crippen LogP contribution is -2.15. The molecule has 2 saturated carbocycles. The van der Waals surface area contributed by atoms with Gasteiger partial charge < -0.3 is 5.11 Å². The Kier molecular flexibility index (Phi) is 4.21. The fourth-order valence-corrected chi connectivity index (χ4v) is 3.79. The highest BCUT2D eigenvalue weighted by molar-refractivity contribution is 5.81. The van der Waals surface area contributed by atoms with Crippen molar-refractivity contribution in [2.75, 3.05) is 0 Å². The van der Waals surface area contributed by atoms with Crippen LogP contribution in [-0.4, -0.2) is 10.9 Å². The lowest BCUT2D eigenvalue weighted by atomic mass is 9.82. The van der Waals surface area contributed by atoms with Crippen LogP contribution in [0.5, 0.6) is 0 Å². The molecule has 2 heteroatoms. The molecular weight excluding hydrogens is 248 g/mol. The third-order valence-corrected chi connectivity index (χ3v) is 5.09. The van der Waals surface area contributed by atoms with Gasteiger partial charge in [-0.05, 0) is 42.2 Å². The second kappa shape index (κ2) is 6.09. The van der Waals surface area contributed by atoms with Gasteiger partial charge >= 0.3 is 0 Å². The van der Waals surface area contributed by atoms with Gasteiger partial charge in [-0.1, -0.05) is 43.5 Å². The summed E-state index contributed by atoms with van der Waals surface area (Å²) in [5.74, 6) is 1.23. The Morgan fingerprint density at radius 1 is 1.00 bits per heavy atom. The van der Waals surface area contributed by atoms with Crippen LogP contribution in [0.15, 0.2) is 24.3 Å². The number of ketones is 1. The Morgan fingerprint density at radius 3 is 2.30 bits per heavy atom. The zero-order valence-corrected chi connectivity index (χ0v) is 12.1. The van der Waals surface area contributed by atoms with E-state index in [1.54, 1.807) is 0 Å². The van der Waals surface area contributed by atoms with Crippen molar-refractivity contribution in [1.82, 2.24) is 0 Å². The first-order valence-corrected chi connectivity index (χ1v) is 8.03. The normalized spacial score (nSPS) is 25.9. The summed E-state index contributed by atoms with van der Waals surface area (Å²) in [7, 11) is 0. The molecule has 2 fully saturated rings. The molecule has 2 nitrogen and oxygen atoms in total. The molecule has 2 aliphatic rings. The molecule has 2 aliphatic carbocycles. The number of carbonyl (C=O) groups is 1. The molecule has 2 unspecified atom stereocenters.